The lowest BCUT2D eigenvalue weighted by Gasteiger charge is -2.25. The normalized spacial score (nSPS) is 11.6. The number of pyridine rings is 1. The molecule has 2 heterocycles. The van der Waals surface area contributed by atoms with Crippen LogP contribution in [0.4, 0.5) is 17.2 Å². The highest BCUT2D eigenvalue weighted by Crippen LogP contribution is 2.43. The van der Waals surface area contributed by atoms with Gasteiger partial charge in [-0.05, 0) is 93.3 Å². The van der Waals surface area contributed by atoms with E-state index in [1.807, 2.05) is 18.3 Å². The third-order valence-electron chi connectivity index (χ3n) is 8.78. The minimum absolute atomic E-state index is 0.885. The quantitative estimate of drug-likeness (QED) is 0.195. The van der Waals surface area contributed by atoms with Gasteiger partial charge < -0.3 is 4.57 Å². The summed E-state index contributed by atoms with van der Waals surface area (Å²) in [5, 5.41) is 7.60. The van der Waals surface area contributed by atoms with E-state index in [0.717, 1.165) is 17.2 Å². The molecule has 0 saturated heterocycles. The first-order valence-corrected chi connectivity index (χ1v) is 15.0. The Bertz CT molecular complexity index is 2420. The van der Waals surface area contributed by atoms with Crippen molar-refractivity contribution in [2.75, 3.05) is 4.90 Å². The zero-order valence-electron chi connectivity index (χ0n) is 23.9. The summed E-state index contributed by atoms with van der Waals surface area (Å²) in [6, 6.07) is 56.4. The highest BCUT2D eigenvalue weighted by molar-refractivity contribution is 6.26. The Morgan fingerprint density at radius 3 is 2.05 bits per heavy atom. The van der Waals surface area contributed by atoms with E-state index in [4.69, 9.17) is 4.98 Å². The highest BCUT2D eigenvalue weighted by atomic mass is 15.2. The van der Waals surface area contributed by atoms with Crippen LogP contribution in [-0.4, -0.2) is 9.55 Å². The van der Waals surface area contributed by atoms with Crippen LogP contribution in [0.15, 0.2) is 164 Å². The molecule has 2 aromatic heterocycles. The van der Waals surface area contributed by atoms with Gasteiger partial charge in [0, 0.05) is 34.0 Å². The van der Waals surface area contributed by atoms with Crippen LogP contribution in [0.25, 0.3) is 60.2 Å². The van der Waals surface area contributed by atoms with E-state index in [1.165, 1.54) is 60.2 Å². The third-order valence-corrected chi connectivity index (χ3v) is 8.78. The number of anilines is 3. The maximum absolute atomic E-state index is 4.73. The van der Waals surface area contributed by atoms with E-state index in [1.54, 1.807) is 0 Å². The molecule has 0 spiro atoms. The number of rotatable bonds is 5. The lowest BCUT2D eigenvalue weighted by atomic mass is 9.94. The van der Waals surface area contributed by atoms with Crippen molar-refractivity contribution in [1.29, 1.82) is 0 Å². The molecule has 0 aliphatic heterocycles. The molecule has 3 heteroatoms. The summed E-state index contributed by atoms with van der Waals surface area (Å²) in [6.07, 6.45) is 1.85. The van der Waals surface area contributed by atoms with Gasteiger partial charge in [-0.25, -0.2) is 4.98 Å². The molecule has 206 valence electrons. The zero-order valence-corrected chi connectivity index (χ0v) is 23.9. The van der Waals surface area contributed by atoms with Gasteiger partial charge in [0.25, 0.3) is 0 Å². The summed E-state index contributed by atoms with van der Waals surface area (Å²) < 4.78 is 2.39. The Morgan fingerprint density at radius 2 is 1.20 bits per heavy atom. The molecule has 0 unspecified atom stereocenters. The van der Waals surface area contributed by atoms with Gasteiger partial charge in [0.05, 0.1) is 11.0 Å². The summed E-state index contributed by atoms with van der Waals surface area (Å²) >= 11 is 0. The molecular formula is C41H27N3. The topological polar surface area (TPSA) is 21.1 Å². The van der Waals surface area contributed by atoms with Crippen LogP contribution >= 0.6 is 0 Å². The summed E-state index contributed by atoms with van der Waals surface area (Å²) in [4.78, 5) is 6.96. The van der Waals surface area contributed by atoms with Gasteiger partial charge in [-0.2, -0.15) is 0 Å². The minimum Gasteiger partial charge on any atom is -0.309 e. The van der Waals surface area contributed by atoms with Gasteiger partial charge in [-0.1, -0.05) is 97.1 Å². The molecule has 9 aromatic rings. The molecule has 0 saturated carbocycles. The maximum Gasteiger partial charge on any atom is 0.137 e. The summed E-state index contributed by atoms with van der Waals surface area (Å²) in [6.45, 7) is 0. The average Bonchev–Trinajstić information content (AvgIpc) is 3.44. The second-order valence-electron chi connectivity index (χ2n) is 11.3. The van der Waals surface area contributed by atoms with Gasteiger partial charge in [-0.3, -0.25) is 4.90 Å². The van der Waals surface area contributed by atoms with Crippen molar-refractivity contribution in [2.24, 2.45) is 0 Å². The van der Waals surface area contributed by atoms with Crippen molar-refractivity contribution < 1.29 is 0 Å². The van der Waals surface area contributed by atoms with E-state index in [9.17, 15) is 0 Å². The molecule has 44 heavy (non-hydrogen) atoms. The van der Waals surface area contributed by atoms with Crippen molar-refractivity contribution in [3.8, 4) is 16.8 Å². The second-order valence-corrected chi connectivity index (χ2v) is 11.3. The molecule has 0 radical (unpaired) electrons. The Balaban J connectivity index is 1.19. The summed E-state index contributed by atoms with van der Waals surface area (Å²) in [5.41, 5.74) is 8.22. The fourth-order valence-electron chi connectivity index (χ4n) is 6.80. The molecule has 0 atom stereocenters. The first-order valence-electron chi connectivity index (χ1n) is 15.0. The van der Waals surface area contributed by atoms with E-state index in [2.05, 4.69) is 155 Å². The largest absolute Gasteiger partial charge is 0.309 e. The number of fused-ring (bicyclic) bond motifs is 1. The molecule has 7 aromatic carbocycles. The molecule has 0 aliphatic rings. The molecule has 0 fully saturated rings. The fraction of sp³-hybridized carbons (Fsp3) is 0. The van der Waals surface area contributed by atoms with E-state index >= 15 is 0 Å². The first-order chi connectivity index (χ1) is 21.8. The molecule has 0 bridgehead atoms. The molecule has 0 aliphatic carbocycles. The lowest BCUT2D eigenvalue weighted by Crippen LogP contribution is -2.11. The van der Waals surface area contributed by atoms with Crippen LogP contribution < -0.4 is 4.90 Å². The Hall–Kier alpha value is -5.93. The Morgan fingerprint density at radius 1 is 0.477 bits per heavy atom. The minimum atomic E-state index is 0.885. The number of hydrogen-bond acceptors (Lipinski definition) is 2. The van der Waals surface area contributed by atoms with Gasteiger partial charge >= 0.3 is 0 Å². The fourth-order valence-corrected chi connectivity index (χ4v) is 6.80. The molecule has 0 amide bonds. The number of aromatic nitrogens is 2. The smallest absolute Gasteiger partial charge is 0.137 e. The molecular weight excluding hydrogens is 534 g/mol. The average molecular weight is 562 g/mol. The number of para-hydroxylation sites is 1. The van der Waals surface area contributed by atoms with Crippen LogP contribution in [0.1, 0.15) is 0 Å². The molecule has 3 nitrogen and oxygen atoms in total. The van der Waals surface area contributed by atoms with Gasteiger partial charge in [0.15, 0.2) is 0 Å². The number of hydrogen-bond donors (Lipinski definition) is 0. The van der Waals surface area contributed by atoms with Crippen LogP contribution in [0.3, 0.4) is 0 Å². The molecule has 9 rings (SSSR count). The van der Waals surface area contributed by atoms with Gasteiger partial charge in [-0.15, -0.1) is 0 Å². The summed E-state index contributed by atoms with van der Waals surface area (Å²) in [7, 11) is 0. The van der Waals surface area contributed by atoms with Gasteiger partial charge in [0.2, 0.25) is 0 Å². The third kappa shape index (κ3) is 3.80. The number of nitrogens with zero attached hydrogens (tertiary/aromatic N) is 3. The SMILES string of the molecule is c1ccc(-n2c3cccc4ccc5c(-c6ccc(N(c7ccc8ccccc8c7)c7ccccn7)cc6)ccc2c5c43)cc1. The van der Waals surface area contributed by atoms with E-state index in [-0.39, 0.29) is 0 Å². The predicted octanol–water partition coefficient (Wildman–Crippen LogP) is 11.1. The van der Waals surface area contributed by atoms with Crippen LogP contribution in [0.5, 0.6) is 0 Å². The van der Waals surface area contributed by atoms with Crippen molar-refractivity contribution in [3.63, 3.8) is 0 Å². The Kier molecular flexibility index (Phi) is 5.50. The number of benzene rings is 7. The van der Waals surface area contributed by atoms with E-state index in [0.29, 0.717) is 0 Å². The van der Waals surface area contributed by atoms with Crippen molar-refractivity contribution in [3.05, 3.63) is 164 Å². The highest BCUT2D eigenvalue weighted by Gasteiger charge is 2.19. The standard InChI is InChI=1S/C41H27N3/c1-2-12-32(13-3-1)44-37-14-8-11-30-19-23-36-35(24-25-38(44)41(36)40(30)37)29-17-20-33(21-18-29)43(39-15-6-7-26-42-39)34-22-16-28-9-4-5-10-31(28)27-34/h1-27H. The zero-order chi connectivity index (χ0) is 29.0. The lowest BCUT2D eigenvalue weighted by molar-refractivity contribution is 1.18. The van der Waals surface area contributed by atoms with E-state index < -0.39 is 0 Å². The van der Waals surface area contributed by atoms with Crippen LogP contribution in [0, 0.1) is 0 Å². The first kappa shape index (κ1) is 24.6. The molecule has 0 N–H and O–H groups in total. The van der Waals surface area contributed by atoms with Gasteiger partial charge in [0.1, 0.15) is 5.82 Å². The second kappa shape index (κ2) is 9.82. The van der Waals surface area contributed by atoms with Crippen LogP contribution in [0.2, 0.25) is 0 Å². The van der Waals surface area contributed by atoms with Crippen LogP contribution in [-0.2, 0) is 0 Å². The van der Waals surface area contributed by atoms with Crippen molar-refractivity contribution in [1.82, 2.24) is 9.55 Å². The Labute approximate surface area is 255 Å². The summed E-state index contributed by atoms with van der Waals surface area (Å²) in [5.74, 6) is 0.885. The van der Waals surface area contributed by atoms with Crippen molar-refractivity contribution >= 4 is 60.5 Å². The predicted molar refractivity (Wildman–Crippen MR) is 185 cm³/mol. The van der Waals surface area contributed by atoms with Crippen molar-refractivity contribution in [2.45, 2.75) is 0 Å². The maximum atomic E-state index is 4.73. The monoisotopic (exact) mass is 561 g/mol.